The Bertz CT molecular complexity index is 1130. The second-order valence-electron chi connectivity index (χ2n) is 8.37. The monoisotopic (exact) mass is 424 g/mol. The number of carbonyl (C=O) groups is 1. The summed E-state index contributed by atoms with van der Waals surface area (Å²) in [4.78, 5) is 24.9. The topological polar surface area (TPSA) is 108 Å². The number of rotatable bonds is 5. The fourth-order valence-corrected chi connectivity index (χ4v) is 4.31. The van der Waals surface area contributed by atoms with E-state index in [1.807, 2.05) is 33.8 Å². The van der Waals surface area contributed by atoms with Crippen LogP contribution in [0.5, 0.6) is 0 Å². The molecule has 9 heteroatoms. The standard InChI is InChI=1S/C22H28N6O3/c1-13-11-14(2)27(24-13)20-9-10-22(30)28(25-20)18-7-5-17(6-8-18)23-21(29)12-19-15(3)26-31-16(19)4/h9-11,17-18H,5-8,12H2,1-4H3,(H,23,29). The molecule has 1 aliphatic carbocycles. The van der Waals surface area contributed by atoms with Gasteiger partial charge in [-0.15, -0.1) is 5.10 Å². The van der Waals surface area contributed by atoms with Gasteiger partial charge in [-0.05, 0) is 65.5 Å². The molecule has 0 unspecified atom stereocenters. The second-order valence-corrected chi connectivity index (χ2v) is 8.37. The van der Waals surface area contributed by atoms with Crippen molar-refractivity contribution in [3.05, 3.63) is 57.0 Å². The van der Waals surface area contributed by atoms with Crippen molar-refractivity contribution in [2.45, 2.75) is 71.9 Å². The van der Waals surface area contributed by atoms with E-state index in [2.05, 4.69) is 20.7 Å². The molecule has 1 amide bonds. The Morgan fingerprint density at radius 3 is 2.48 bits per heavy atom. The van der Waals surface area contributed by atoms with Gasteiger partial charge in [0.2, 0.25) is 5.91 Å². The molecule has 164 valence electrons. The number of nitrogens with one attached hydrogen (secondary N) is 1. The summed E-state index contributed by atoms with van der Waals surface area (Å²) in [5.74, 6) is 1.30. The lowest BCUT2D eigenvalue weighted by atomic mass is 9.91. The Kier molecular flexibility index (Phi) is 5.75. The van der Waals surface area contributed by atoms with E-state index in [4.69, 9.17) is 4.52 Å². The molecule has 1 saturated carbocycles. The van der Waals surface area contributed by atoms with Crippen LogP contribution in [0, 0.1) is 27.7 Å². The second kappa shape index (κ2) is 8.49. The summed E-state index contributed by atoms with van der Waals surface area (Å²) < 4.78 is 8.47. The first-order chi connectivity index (χ1) is 14.8. The molecule has 0 saturated heterocycles. The fraction of sp³-hybridized carbons (Fsp3) is 0.500. The molecular weight excluding hydrogens is 396 g/mol. The van der Waals surface area contributed by atoms with Crippen LogP contribution in [0.15, 0.2) is 27.5 Å². The molecule has 31 heavy (non-hydrogen) atoms. The number of aryl methyl sites for hydroxylation is 4. The number of hydrogen-bond acceptors (Lipinski definition) is 6. The largest absolute Gasteiger partial charge is 0.361 e. The van der Waals surface area contributed by atoms with Gasteiger partial charge in [-0.1, -0.05) is 5.16 Å². The van der Waals surface area contributed by atoms with Gasteiger partial charge in [-0.25, -0.2) is 9.36 Å². The van der Waals surface area contributed by atoms with Gasteiger partial charge in [0.15, 0.2) is 5.82 Å². The molecule has 0 aliphatic heterocycles. The minimum absolute atomic E-state index is 0.0140. The van der Waals surface area contributed by atoms with Crippen LogP contribution in [-0.4, -0.2) is 36.7 Å². The maximum atomic E-state index is 12.5. The van der Waals surface area contributed by atoms with Crippen molar-refractivity contribution in [2.75, 3.05) is 0 Å². The van der Waals surface area contributed by atoms with Crippen molar-refractivity contribution in [2.24, 2.45) is 0 Å². The molecule has 3 aromatic heterocycles. The predicted octanol–water partition coefficient (Wildman–Crippen LogP) is 2.49. The molecule has 3 heterocycles. The number of amides is 1. The third kappa shape index (κ3) is 4.45. The average molecular weight is 425 g/mol. The Labute approximate surface area is 180 Å². The molecule has 1 fully saturated rings. The Morgan fingerprint density at radius 1 is 1.13 bits per heavy atom. The summed E-state index contributed by atoms with van der Waals surface area (Å²) in [5, 5.41) is 16.1. The normalized spacial score (nSPS) is 18.8. The highest BCUT2D eigenvalue weighted by Gasteiger charge is 2.26. The Balaban J connectivity index is 1.40. The predicted molar refractivity (Wildman–Crippen MR) is 114 cm³/mol. The van der Waals surface area contributed by atoms with Gasteiger partial charge in [0.25, 0.3) is 5.56 Å². The van der Waals surface area contributed by atoms with Crippen molar-refractivity contribution >= 4 is 5.91 Å². The van der Waals surface area contributed by atoms with Gasteiger partial charge in [-0.2, -0.15) is 5.10 Å². The van der Waals surface area contributed by atoms with Gasteiger partial charge in [0, 0.05) is 23.4 Å². The molecule has 0 aromatic carbocycles. The molecule has 0 spiro atoms. The van der Waals surface area contributed by atoms with E-state index >= 15 is 0 Å². The van der Waals surface area contributed by atoms with Gasteiger partial charge in [0.1, 0.15) is 5.76 Å². The van der Waals surface area contributed by atoms with E-state index in [1.165, 1.54) is 0 Å². The van der Waals surface area contributed by atoms with Crippen molar-refractivity contribution in [3.8, 4) is 5.82 Å². The van der Waals surface area contributed by atoms with Crippen LogP contribution in [0.1, 0.15) is 60.1 Å². The first-order valence-electron chi connectivity index (χ1n) is 10.7. The number of carbonyl (C=O) groups excluding carboxylic acids is 1. The van der Waals surface area contributed by atoms with Crippen LogP contribution in [0.25, 0.3) is 5.82 Å². The smallest absolute Gasteiger partial charge is 0.267 e. The highest BCUT2D eigenvalue weighted by Crippen LogP contribution is 2.27. The average Bonchev–Trinajstić information content (AvgIpc) is 3.24. The zero-order valence-electron chi connectivity index (χ0n) is 18.4. The van der Waals surface area contributed by atoms with E-state index in [0.29, 0.717) is 11.6 Å². The van der Waals surface area contributed by atoms with E-state index in [0.717, 1.165) is 48.3 Å². The quantitative estimate of drug-likeness (QED) is 0.674. The highest BCUT2D eigenvalue weighted by atomic mass is 16.5. The zero-order chi connectivity index (χ0) is 22.1. The summed E-state index contributed by atoms with van der Waals surface area (Å²) in [6.45, 7) is 7.56. The summed E-state index contributed by atoms with van der Waals surface area (Å²) in [6, 6.07) is 5.35. The third-order valence-electron chi connectivity index (χ3n) is 5.96. The Morgan fingerprint density at radius 2 is 1.87 bits per heavy atom. The lowest BCUT2D eigenvalue weighted by molar-refractivity contribution is -0.121. The Hall–Kier alpha value is -3.23. The minimum atomic E-state index is -0.115. The number of nitrogens with zero attached hydrogens (tertiary/aromatic N) is 5. The van der Waals surface area contributed by atoms with Crippen LogP contribution in [0.4, 0.5) is 0 Å². The highest BCUT2D eigenvalue weighted by molar-refractivity contribution is 5.79. The van der Waals surface area contributed by atoms with Crippen molar-refractivity contribution in [1.82, 2.24) is 30.0 Å². The summed E-state index contributed by atoms with van der Waals surface area (Å²) in [7, 11) is 0. The van der Waals surface area contributed by atoms with E-state index in [9.17, 15) is 9.59 Å². The molecule has 4 rings (SSSR count). The molecule has 0 bridgehead atoms. The van der Waals surface area contributed by atoms with Crippen LogP contribution >= 0.6 is 0 Å². The van der Waals surface area contributed by atoms with E-state index in [-0.39, 0.29) is 30.0 Å². The lowest BCUT2D eigenvalue weighted by Crippen LogP contribution is -2.40. The first-order valence-corrected chi connectivity index (χ1v) is 10.7. The summed E-state index contributed by atoms with van der Waals surface area (Å²) >= 11 is 0. The number of hydrogen-bond donors (Lipinski definition) is 1. The summed E-state index contributed by atoms with van der Waals surface area (Å²) in [6.07, 6.45) is 3.44. The van der Waals surface area contributed by atoms with Gasteiger partial charge in [0.05, 0.1) is 23.9 Å². The number of aromatic nitrogens is 5. The molecule has 1 N–H and O–H groups in total. The van der Waals surface area contributed by atoms with Crippen molar-refractivity contribution in [1.29, 1.82) is 0 Å². The van der Waals surface area contributed by atoms with Crippen LogP contribution < -0.4 is 10.9 Å². The maximum absolute atomic E-state index is 12.5. The molecular formula is C22H28N6O3. The SMILES string of the molecule is Cc1cc(C)n(-c2ccc(=O)n(C3CCC(NC(=O)Cc4c(C)noc4C)CC3)n2)n1. The summed E-state index contributed by atoms with van der Waals surface area (Å²) in [5.41, 5.74) is 3.37. The molecule has 9 nitrogen and oxygen atoms in total. The van der Waals surface area contributed by atoms with Gasteiger partial charge < -0.3 is 9.84 Å². The van der Waals surface area contributed by atoms with Gasteiger partial charge in [-0.3, -0.25) is 9.59 Å². The zero-order valence-corrected chi connectivity index (χ0v) is 18.4. The van der Waals surface area contributed by atoms with E-state index < -0.39 is 0 Å². The van der Waals surface area contributed by atoms with Crippen LogP contribution in [-0.2, 0) is 11.2 Å². The minimum Gasteiger partial charge on any atom is -0.361 e. The molecule has 3 aromatic rings. The first kappa shape index (κ1) is 21.0. The molecule has 0 radical (unpaired) electrons. The van der Waals surface area contributed by atoms with Crippen LogP contribution in [0.3, 0.4) is 0 Å². The van der Waals surface area contributed by atoms with E-state index in [1.54, 1.807) is 21.5 Å². The van der Waals surface area contributed by atoms with Crippen LogP contribution in [0.2, 0.25) is 0 Å². The third-order valence-corrected chi connectivity index (χ3v) is 5.96. The maximum Gasteiger partial charge on any atom is 0.267 e. The van der Waals surface area contributed by atoms with Gasteiger partial charge >= 0.3 is 0 Å². The molecule has 0 atom stereocenters. The lowest BCUT2D eigenvalue weighted by Gasteiger charge is -2.29. The fourth-order valence-electron chi connectivity index (χ4n) is 4.31. The molecule has 1 aliphatic rings. The van der Waals surface area contributed by atoms with Crippen molar-refractivity contribution in [3.63, 3.8) is 0 Å². The van der Waals surface area contributed by atoms with Crippen molar-refractivity contribution < 1.29 is 9.32 Å².